The van der Waals surface area contributed by atoms with Crippen LogP contribution in [0, 0.1) is 5.92 Å². The molecule has 2 amide bonds. The minimum absolute atomic E-state index is 0.0573. The minimum Gasteiger partial charge on any atom is -0.338 e. The Morgan fingerprint density at radius 2 is 2.00 bits per heavy atom. The molecule has 0 heterocycles. The number of hydrogen-bond donors (Lipinski definition) is 3. The highest BCUT2D eigenvalue weighted by Crippen LogP contribution is 2.01. The van der Waals surface area contributed by atoms with E-state index in [4.69, 9.17) is 5.73 Å². The Kier molecular flexibility index (Phi) is 8.09. The highest BCUT2D eigenvalue weighted by Gasteiger charge is 2.06. The van der Waals surface area contributed by atoms with Crippen LogP contribution in [0.15, 0.2) is 0 Å². The van der Waals surface area contributed by atoms with Gasteiger partial charge in [-0.25, -0.2) is 4.79 Å². The molecule has 4 N–H and O–H groups in total. The van der Waals surface area contributed by atoms with Crippen LogP contribution in [0.3, 0.4) is 0 Å². The van der Waals surface area contributed by atoms with Crippen LogP contribution in [0.4, 0.5) is 4.79 Å². The summed E-state index contributed by atoms with van der Waals surface area (Å²) < 4.78 is 0. The fraction of sp³-hybridized carbons (Fsp3) is 0.909. The van der Waals surface area contributed by atoms with Gasteiger partial charge in [0.2, 0.25) is 0 Å². The first-order valence-electron chi connectivity index (χ1n) is 5.83. The van der Waals surface area contributed by atoms with E-state index in [2.05, 4.69) is 31.4 Å². The van der Waals surface area contributed by atoms with Crippen LogP contribution < -0.4 is 16.4 Å². The average Bonchev–Trinajstić information content (AvgIpc) is 2.14. The maximum absolute atomic E-state index is 11.2. The molecular weight excluding hydrogens is 190 g/mol. The van der Waals surface area contributed by atoms with Crippen LogP contribution in [0.5, 0.6) is 0 Å². The highest BCUT2D eigenvalue weighted by molar-refractivity contribution is 5.73. The van der Waals surface area contributed by atoms with Crippen LogP contribution in [-0.4, -0.2) is 25.2 Å². The number of nitrogens with one attached hydrogen (secondary N) is 2. The molecule has 0 spiro atoms. The second-order valence-electron chi connectivity index (χ2n) is 4.38. The number of hydrogen-bond acceptors (Lipinski definition) is 2. The standard InChI is InChI=1S/C11H25N3O/c1-4-5-6-13-11(15)14-8-10(12)7-9(2)3/h9-10H,4-8,12H2,1-3H3,(H2,13,14,15). The zero-order valence-corrected chi connectivity index (χ0v) is 10.2. The molecule has 0 fully saturated rings. The summed E-state index contributed by atoms with van der Waals surface area (Å²) in [5.41, 5.74) is 5.84. The van der Waals surface area contributed by atoms with E-state index in [1.807, 2.05) is 0 Å². The lowest BCUT2D eigenvalue weighted by Crippen LogP contribution is -2.43. The van der Waals surface area contributed by atoms with Gasteiger partial charge in [-0.1, -0.05) is 27.2 Å². The molecule has 0 aliphatic carbocycles. The van der Waals surface area contributed by atoms with Gasteiger partial charge in [0.25, 0.3) is 0 Å². The van der Waals surface area contributed by atoms with E-state index in [-0.39, 0.29) is 12.1 Å². The lowest BCUT2D eigenvalue weighted by Gasteiger charge is -2.15. The summed E-state index contributed by atoms with van der Waals surface area (Å²) in [5, 5.41) is 5.56. The molecule has 4 nitrogen and oxygen atoms in total. The maximum atomic E-state index is 11.2. The van der Waals surface area contributed by atoms with E-state index in [0.717, 1.165) is 25.8 Å². The van der Waals surface area contributed by atoms with Gasteiger partial charge in [0.1, 0.15) is 0 Å². The number of amides is 2. The smallest absolute Gasteiger partial charge is 0.314 e. The van der Waals surface area contributed by atoms with Crippen molar-refractivity contribution in [3.05, 3.63) is 0 Å². The Balaban J connectivity index is 3.44. The molecule has 0 aromatic carbocycles. The minimum atomic E-state index is -0.109. The van der Waals surface area contributed by atoms with Crippen LogP contribution in [0.1, 0.15) is 40.0 Å². The lowest BCUT2D eigenvalue weighted by atomic mass is 10.0. The summed E-state index contributed by atoms with van der Waals surface area (Å²) in [6.45, 7) is 7.64. The summed E-state index contributed by atoms with van der Waals surface area (Å²) in [6, 6.07) is -0.0513. The van der Waals surface area contributed by atoms with Crippen molar-refractivity contribution < 1.29 is 4.79 Å². The summed E-state index contributed by atoms with van der Waals surface area (Å²) in [7, 11) is 0. The van der Waals surface area contributed by atoms with Crippen molar-refractivity contribution in [3.63, 3.8) is 0 Å². The number of rotatable bonds is 7. The SMILES string of the molecule is CCCCNC(=O)NCC(N)CC(C)C. The number of unbranched alkanes of at least 4 members (excludes halogenated alkanes) is 1. The van der Waals surface area contributed by atoms with Crippen LogP contribution in [0.2, 0.25) is 0 Å². The Hall–Kier alpha value is -0.770. The Morgan fingerprint density at radius 3 is 2.53 bits per heavy atom. The zero-order chi connectivity index (χ0) is 11.7. The molecule has 0 aromatic heterocycles. The molecule has 0 aliphatic rings. The van der Waals surface area contributed by atoms with Gasteiger partial charge in [0.15, 0.2) is 0 Å². The molecule has 0 aliphatic heterocycles. The normalized spacial score (nSPS) is 12.6. The van der Waals surface area contributed by atoms with Crippen molar-refractivity contribution in [2.75, 3.05) is 13.1 Å². The average molecular weight is 215 g/mol. The summed E-state index contributed by atoms with van der Waals surface area (Å²) in [6.07, 6.45) is 3.05. The first-order valence-corrected chi connectivity index (χ1v) is 5.83. The van der Waals surface area contributed by atoms with Gasteiger partial charge in [-0.3, -0.25) is 0 Å². The maximum Gasteiger partial charge on any atom is 0.314 e. The van der Waals surface area contributed by atoms with Crippen LogP contribution in [0.25, 0.3) is 0 Å². The molecule has 0 bridgehead atoms. The highest BCUT2D eigenvalue weighted by atomic mass is 16.2. The van der Waals surface area contributed by atoms with Gasteiger partial charge < -0.3 is 16.4 Å². The van der Waals surface area contributed by atoms with Gasteiger partial charge in [-0.2, -0.15) is 0 Å². The second-order valence-corrected chi connectivity index (χ2v) is 4.38. The molecule has 0 aromatic rings. The third-order valence-electron chi connectivity index (χ3n) is 2.11. The topological polar surface area (TPSA) is 67.2 Å². The summed E-state index contributed by atoms with van der Waals surface area (Å²) in [5.74, 6) is 0.574. The van der Waals surface area contributed by atoms with Crippen molar-refractivity contribution in [2.45, 2.75) is 46.1 Å². The monoisotopic (exact) mass is 215 g/mol. The fourth-order valence-electron chi connectivity index (χ4n) is 1.35. The van der Waals surface area contributed by atoms with Crippen molar-refractivity contribution in [1.29, 1.82) is 0 Å². The molecule has 90 valence electrons. The van der Waals surface area contributed by atoms with Gasteiger partial charge in [-0.05, 0) is 18.8 Å². The zero-order valence-electron chi connectivity index (χ0n) is 10.2. The van der Waals surface area contributed by atoms with E-state index in [1.54, 1.807) is 0 Å². The van der Waals surface area contributed by atoms with E-state index in [9.17, 15) is 4.79 Å². The molecular formula is C11H25N3O. The van der Waals surface area contributed by atoms with Crippen LogP contribution >= 0.6 is 0 Å². The van der Waals surface area contributed by atoms with E-state index in [0.29, 0.717) is 12.5 Å². The number of carbonyl (C=O) groups excluding carboxylic acids is 1. The molecule has 0 radical (unpaired) electrons. The van der Waals surface area contributed by atoms with E-state index >= 15 is 0 Å². The predicted octanol–water partition coefficient (Wildman–Crippen LogP) is 1.46. The van der Waals surface area contributed by atoms with Gasteiger partial charge in [0, 0.05) is 19.1 Å². The first-order chi connectivity index (χ1) is 7.06. The quantitative estimate of drug-likeness (QED) is 0.563. The van der Waals surface area contributed by atoms with Crippen molar-refractivity contribution in [3.8, 4) is 0 Å². The largest absolute Gasteiger partial charge is 0.338 e. The predicted molar refractivity (Wildman–Crippen MR) is 63.7 cm³/mol. The van der Waals surface area contributed by atoms with Gasteiger partial charge >= 0.3 is 6.03 Å². The Bertz CT molecular complexity index is 171. The third kappa shape index (κ3) is 9.53. The lowest BCUT2D eigenvalue weighted by molar-refractivity contribution is 0.239. The van der Waals surface area contributed by atoms with Crippen molar-refractivity contribution in [2.24, 2.45) is 11.7 Å². The van der Waals surface area contributed by atoms with Crippen molar-refractivity contribution >= 4 is 6.03 Å². The summed E-state index contributed by atoms with van der Waals surface area (Å²) >= 11 is 0. The summed E-state index contributed by atoms with van der Waals surface area (Å²) in [4.78, 5) is 11.2. The molecule has 1 unspecified atom stereocenters. The molecule has 0 saturated carbocycles. The van der Waals surface area contributed by atoms with Gasteiger partial charge in [-0.15, -0.1) is 0 Å². The molecule has 4 heteroatoms. The Morgan fingerprint density at radius 1 is 1.33 bits per heavy atom. The fourth-order valence-corrected chi connectivity index (χ4v) is 1.35. The van der Waals surface area contributed by atoms with Crippen LogP contribution in [-0.2, 0) is 0 Å². The number of urea groups is 1. The Labute approximate surface area is 93.0 Å². The molecule has 1 atom stereocenters. The third-order valence-corrected chi connectivity index (χ3v) is 2.11. The van der Waals surface area contributed by atoms with E-state index in [1.165, 1.54) is 0 Å². The first kappa shape index (κ1) is 14.2. The van der Waals surface area contributed by atoms with Gasteiger partial charge in [0.05, 0.1) is 0 Å². The van der Waals surface area contributed by atoms with Crippen molar-refractivity contribution in [1.82, 2.24) is 10.6 Å². The molecule has 15 heavy (non-hydrogen) atoms. The molecule has 0 saturated heterocycles. The number of carbonyl (C=O) groups is 1. The second kappa shape index (κ2) is 8.53. The number of nitrogens with two attached hydrogens (primary N) is 1. The van der Waals surface area contributed by atoms with E-state index < -0.39 is 0 Å². The molecule has 0 rings (SSSR count).